The van der Waals surface area contributed by atoms with Gasteiger partial charge in [0, 0.05) is 56.4 Å². The van der Waals surface area contributed by atoms with Crippen LogP contribution in [0, 0.1) is 13.8 Å². The Labute approximate surface area is 163 Å². The molecule has 2 aromatic heterocycles. The van der Waals surface area contributed by atoms with Crippen LogP contribution >= 0.6 is 0 Å². The number of fused-ring (bicyclic) bond motifs is 2. The number of hydrogen-bond acceptors (Lipinski definition) is 4. The summed E-state index contributed by atoms with van der Waals surface area (Å²) in [5.74, 6) is 0.881. The Morgan fingerprint density at radius 1 is 1.21 bits per heavy atom. The number of imidazole rings is 1. The van der Waals surface area contributed by atoms with E-state index < -0.39 is 0 Å². The number of pyridine rings is 1. The molecule has 0 saturated carbocycles. The number of benzene rings is 1. The van der Waals surface area contributed by atoms with Gasteiger partial charge in [-0.25, -0.2) is 4.98 Å². The van der Waals surface area contributed by atoms with Gasteiger partial charge in [-0.05, 0) is 26.0 Å². The third-order valence-electron chi connectivity index (χ3n) is 5.27. The van der Waals surface area contributed by atoms with Gasteiger partial charge in [-0.2, -0.15) is 0 Å². The first-order valence-electron chi connectivity index (χ1n) is 9.46. The summed E-state index contributed by atoms with van der Waals surface area (Å²) < 4.78 is 2.03. The number of hydrogen-bond donors (Lipinski definition) is 1. The Morgan fingerprint density at radius 3 is 2.75 bits per heavy atom. The second-order valence-electron chi connectivity index (χ2n) is 7.73. The molecule has 1 aliphatic heterocycles. The van der Waals surface area contributed by atoms with Gasteiger partial charge >= 0.3 is 0 Å². The highest BCUT2D eigenvalue weighted by molar-refractivity contribution is 5.93. The lowest BCUT2D eigenvalue weighted by molar-refractivity contribution is 0.0811. The van der Waals surface area contributed by atoms with Gasteiger partial charge in [-0.3, -0.25) is 14.5 Å². The van der Waals surface area contributed by atoms with Crippen LogP contribution < -0.4 is 5.43 Å². The van der Waals surface area contributed by atoms with Gasteiger partial charge in [0.25, 0.3) is 5.91 Å². The molecule has 0 bridgehead atoms. The van der Waals surface area contributed by atoms with Crippen molar-refractivity contribution < 1.29 is 4.79 Å². The van der Waals surface area contributed by atoms with Crippen molar-refractivity contribution in [1.29, 1.82) is 0 Å². The number of aromatic amines is 1. The summed E-state index contributed by atoms with van der Waals surface area (Å²) in [5.41, 5.74) is 4.32. The van der Waals surface area contributed by atoms with Crippen molar-refractivity contribution >= 4 is 16.8 Å². The summed E-state index contributed by atoms with van der Waals surface area (Å²) in [6.45, 7) is 6.67. The number of H-pyrrole nitrogens is 1. The van der Waals surface area contributed by atoms with Crippen LogP contribution in [0.15, 0.2) is 29.1 Å². The van der Waals surface area contributed by atoms with Crippen molar-refractivity contribution in [3.63, 3.8) is 0 Å². The van der Waals surface area contributed by atoms with E-state index in [9.17, 15) is 9.59 Å². The van der Waals surface area contributed by atoms with E-state index >= 15 is 0 Å². The second-order valence-corrected chi connectivity index (χ2v) is 7.73. The van der Waals surface area contributed by atoms with Crippen LogP contribution in [0.2, 0.25) is 0 Å². The molecule has 4 rings (SSSR count). The monoisotopic (exact) mass is 379 g/mol. The highest BCUT2D eigenvalue weighted by Gasteiger charge is 2.26. The molecule has 28 heavy (non-hydrogen) atoms. The van der Waals surface area contributed by atoms with Crippen LogP contribution in [0.5, 0.6) is 0 Å². The minimum atomic E-state index is -0.0150. The number of aryl methyl sites for hydroxylation is 2. The quantitative estimate of drug-likeness (QED) is 0.756. The summed E-state index contributed by atoms with van der Waals surface area (Å²) in [7, 11) is 3.52. The minimum absolute atomic E-state index is 0.0150. The van der Waals surface area contributed by atoms with Crippen molar-refractivity contribution in [1.82, 2.24) is 24.3 Å². The fourth-order valence-electron chi connectivity index (χ4n) is 3.87. The zero-order valence-electron chi connectivity index (χ0n) is 16.7. The molecule has 1 aliphatic rings. The van der Waals surface area contributed by atoms with Crippen LogP contribution in [-0.2, 0) is 19.6 Å². The molecule has 0 fully saturated rings. The van der Waals surface area contributed by atoms with Crippen molar-refractivity contribution in [3.8, 4) is 0 Å². The molecule has 3 heterocycles. The molecule has 0 saturated heterocycles. The number of carbonyl (C=O) groups excluding carboxylic acids is 1. The molecule has 0 aliphatic carbocycles. The second kappa shape index (κ2) is 6.91. The van der Waals surface area contributed by atoms with Crippen molar-refractivity contribution in [2.45, 2.75) is 33.5 Å². The van der Waals surface area contributed by atoms with E-state index in [2.05, 4.69) is 14.9 Å². The lowest BCUT2D eigenvalue weighted by atomic mass is 10.1. The van der Waals surface area contributed by atoms with Crippen LogP contribution in [0.25, 0.3) is 10.9 Å². The molecule has 0 spiro atoms. The summed E-state index contributed by atoms with van der Waals surface area (Å²) in [6, 6.07) is 7.57. The smallest absolute Gasteiger partial charge is 0.271 e. The van der Waals surface area contributed by atoms with E-state index in [1.165, 1.54) is 0 Å². The van der Waals surface area contributed by atoms with E-state index in [1.807, 2.05) is 36.6 Å². The van der Waals surface area contributed by atoms with Gasteiger partial charge in [0.15, 0.2) is 5.43 Å². The number of aromatic nitrogens is 3. The lowest BCUT2D eigenvalue weighted by Crippen LogP contribution is -2.36. The minimum Gasteiger partial charge on any atom is -0.357 e. The van der Waals surface area contributed by atoms with Gasteiger partial charge in [0.1, 0.15) is 11.5 Å². The first-order valence-corrected chi connectivity index (χ1v) is 9.46. The maximum absolute atomic E-state index is 12.5. The highest BCUT2D eigenvalue weighted by atomic mass is 16.2. The van der Waals surface area contributed by atoms with Gasteiger partial charge in [0.2, 0.25) is 0 Å². The van der Waals surface area contributed by atoms with E-state index in [-0.39, 0.29) is 11.3 Å². The van der Waals surface area contributed by atoms with Crippen LogP contribution in [0.4, 0.5) is 0 Å². The number of nitrogens with one attached hydrogen (secondary N) is 1. The Morgan fingerprint density at radius 2 is 2.00 bits per heavy atom. The van der Waals surface area contributed by atoms with Crippen LogP contribution in [-0.4, -0.2) is 50.9 Å². The van der Waals surface area contributed by atoms with E-state index in [1.54, 1.807) is 25.1 Å². The third-order valence-corrected chi connectivity index (χ3v) is 5.27. The van der Waals surface area contributed by atoms with Crippen molar-refractivity contribution in [2.24, 2.45) is 0 Å². The molecule has 1 amide bonds. The van der Waals surface area contributed by atoms with Crippen LogP contribution in [0.1, 0.15) is 33.3 Å². The van der Waals surface area contributed by atoms with E-state index in [0.717, 1.165) is 40.2 Å². The van der Waals surface area contributed by atoms with Gasteiger partial charge in [-0.15, -0.1) is 0 Å². The molecular weight excluding hydrogens is 354 g/mol. The Kier molecular flexibility index (Phi) is 4.55. The van der Waals surface area contributed by atoms with E-state index in [0.29, 0.717) is 25.3 Å². The third kappa shape index (κ3) is 3.22. The van der Waals surface area contributed by atoms with Crippen molar-refractivity contribution in [3.05, 3.63) is 63.0 Å². The molecule has 0 radical (unpaired) electrons. The zero-order valence-corrected chi connectivity index (χ0v) is 16.7. The maximum atomic E-state index is 12.5. The van der Waals surface area contributed by atoms with Gasteiger partial charge in [0.05, 0.1) is 12.2 Å². The zero-order chi connectivity index (χ0) is 20.0. The van der Waals surface area contributed by atoms with E-state index in [4.69, 9.17) is 0 Å². The number of rotatable bonds is 3. The molecule has 0 unspecified atom stereocenters. The SMILES string of the molecule is Cc1ccc2[nH]c(CN3CCn4c(nc(C)c4C(=O)N(C)C)C3)cc(=O)c2c1. The highest BCUT2D eigenvalue weighted by Crippen LogP contribution is 2.20. The van der Waals surface area contributed by atoms with Crippen molar-refractivity contribution in [2.75, 3.05) is 20.6 Å². The van der Waals surface area contributed by atoms with Gasteiger partial charge in [-0.1, -0.05) is 11.6 Å². The van der Waals surface area contributed by atoms with Gasteiger partial charge < -0.3 is 14.5 Å². The molecule has 7 nitrogen and oxygen atoms in total. The fourth-order valence-corrected chi connectivity index (χ4v) is 3.87. The largest absolute Gasteiger partial charge is 0.357 e. The standard InChI is InChI=1S/C21H25N5O2/c1-13-5-6-17-16(9-13)18(27)10-15(23-17)11-25-7-8-26-19(12-25)22-14(2)20(26)21(28)24(3)4/h5-6,9-10H,7-8,11-12H2,1-4H3,(H,23,27). The number of carbonyl (C=O) groups is 1. The first-order chi connectivity index (χ1) is 13.3. The summed E-state index contributed by atoms with van der Waals surface area (Å²) >= 11 is 0. The predicted octanol–water partition coefficient (Wildman–Crippen LogP) is 2.06. The topological polar surface area (TPSA) is 74.2 Å². The lowest BCUT2D eigenvalue weighted by Gasteiger charge is -2.28. The Hall–Kier alpha value is -2.93. The molecule has 1 aromatic carbocycles. The maximum Gasteiger partial charge on any atom is 0.271 e. The predicted molar refractivity (Wildman–Crippen MR) is 108 cm³/mol. The first kappa shape index (κ1) is 18.4. The summed E-state index contributed by atoms with van der Waals surface area (Å²) in [5, 5.41) is 0.723. The molecule has 1 N–H and O–H groups in total. The number of nitrogens with zero attached hydrogens (tertiary/aromatic N) is 4. The summed E-state index contributed by atoms with van der Waals surface area (Å²) in [6.07, 6.45) is 0. The molecule has 0 atom stereocenters. The number of amides is 1. The average Bonchev–Trinajstić information content (AvgIpc) is 2.96. The molecular formula is C21H25N5O2. The molecule has 7 heteroatoms. The average molecular weight is 379 g/mol. The molecule has 3 aromatic rings. The summed E-state index contributed by atoms with van der Waals surface area (Å²) in [4.78, 5) is 36.8. The fraction of sp³-hybridized carbons (Fsp3) is 0.381. The Balaban J connectivity index is 1.58. The normalized spacial score (nSPS) is 14.3. The molecule has 146 valence electrons. The van der Waals surface area contributed by atoms with Crippen LogP contribution in [0.3, 0.4) is 0 Å². The Bertz CT molecular complexity index is 1130.